The van der Waals surface area contributed by atoms with Crippen LogP contribution in [0.3, 0.4) is 0 Å². The second-order valence-electron chi connectivity index (χ2n) is 4.02. The minimum absolute atomic E-state index is 0.0256. The molecule has 0 spiro atoms. The second-order valence-corrected chi connectivity index (χ2v) is 4.02. The monoisotopic (exact) mass is 308 g/mol. The molecule has 21 heavy (non-hydrogen) atoms. The van der Waals surface area contributed by atoms with Gasteiger partial charge in [-0.3, -0.25) is 0 Å². The molecule has 1 aliphatic rings. The van der Waals surface area contributed by atoms with E-state index in [-0.39, 0.29) is 37.1 Å². The number of fused-ring (bicyclic) bond motifs is 1. The van der Waals surface area contributed by atoms with Crippen LogP contribution < -0.4 is 14.2 Å². The summed E-state index contributed by atoms with van der Waals surface area (Å²) in [6.07, 6.45) is -4.41. The van der Waals surface area contributed by atoms with Crippen molar-refractivity contribution in [3.05, 3.63) is 17.7 Å². The number of carboxylic acid groups (broad SMARTS) is 1. The number of alkyl halides is 3. The number of carbonyl (C=O) groups is 1. The van der Waals surface area contributed by atoms with Crippen LogP contribution in [0.5, 0.6) is 17.2 Å². The van der Waals surface area contributed by atoms with Crippen molar-refractivity contribution >= 4 is 5.97 Å². The third-order valence-corrected chi connectivity index (χ3v) is 2.46. The van der Waals surface area contributed by atoms with Gasteiger partial charge in [-0.15, -0.1) is 0 Å². The molecule has 0 atom stereocenters. The Hall–Kier alpha value is -2.16. The lowest BCUT2D eigenvalue weighted by atomic mass is 10.2. The maximum Gasteiger partial charge on any atom is 0.411 e. The number of benzene rings is 1. The average molecular weight is 308 g/mol. The largest absolute Gasteiger partial charge is 0.490 e. The molecule has 0 radical (unpaired) electrons. The average Bonchev–Trinajstić information content (AvgIpc) is 2.82. The van der Waals surface area contributed by atoms with E-state index < -0.39 is 18.8 Å². The highest BCUT2D eigenvalue weighted by Crippen LogP contribution is 2.38. The van der Waals surface area contributed by atoms with Crippen molar-refractivity contribution in [1.82, 2.24) is 0 Å². The first-order chi connectivity index (χ1) is 9.87. The Kier molecular flexibility index (Phi) is 4.41. The van der Waals surface area contributed by atoms with Crippen LogP contribution in [0, 0.1) is 0 Å². The Bertz CT molecular complexity index is 528. The predicted molar refractivity (Wildman–Crippen MR) is 61.9 cm³/mol. The molecule has 2 rings (SSSR count). The maximum atomic E-state index is 11.9. The van der Waals surface area contributed by atoms with E-state index in [0.29, 0.717) is 5.75 Å². The fraction of sp³-hybridized carbons (Fsp3) is 0.417. The molecule has 6 nitrogen and oxygen atoms in total. The minimum Gasteiger partial charge on any atom is -0.490 e. The van der Waals surface area contributed by atoms with Crippen LogP contribution in [0.2, 0.25) is 0 Å². The summed E-state index contributed by atoms with van der Waals surface area (Å²) in [6, 6.07) is 2.55. The minimum atomic E-state index is -4.41. The van der Waals surface area contributed by atoms with Crippen LogP contribution in [0.15, 0.2) is 12.1 Å². The molecule has 0 aromatic heterocycles. The summed E-state index contributed by atoms with van der Waals surface area (Å²) in [7, 11) is 0. The molecule has 0 fully saturated rings. The van der Waals surface area contributed by atoms with Gasteiger partial charge in [0.1, 0.15) is 24.5 Å². The van der Waals surface area contributed by atoms with Crippen molar-refractivity contribution in [2.24, 2.45) is 0 Å². The van der Waals surface area contributed by atoms with Crippen molar-refractivity contribution in [3.63, 3.8) is 0 Å². The Morgan fingerprint density at radius 2 is 1.90 bits per heavy atom. The first-order valence-corrected chi connectivity index (χ1v) is 5.81. The normalized spacial score (nSPS) is 13.3. The fourth-order valence-electron chi connectivity index (χ4n) is 1.61. The van der Waals surface area contributed by atoms with E-state index in [2.05, 4.69) is 4.74 Å². The number of rotatable bonds is 6. The van der Waals surface area contributed by atoms with Crippen LogP contribution in [-0.2, 0) is 4.74 Å². The number of hydrogen-bond acceptors (Lipinski definition) is 5. The zero-order valence-electron chi connectivity index (χ0n) is 10.6. The van der Waals surface area contributed by atoms with Gasteiger partial charge < -0.3 is 24.1 Å². The number of carboxylic acids is 1. The van der Waals surface area contributed by atoms with Crippen molar-refractivity contribution in [1.29, 1.82) is 0 Å². The molecule has 1 heterocycles. The van der Waals surface area contributed by atoms with Gasteiger partial charge in [0.2, 0.25) is 6.79 Å². The quantitative estimate of drug-likeness (QED) is 0.811. The summed E-state index contributed by atoms with van der Waals surface area (Å²) in [6.45, 7) is -1.97. The van der Waals surface area contributed by atoms with Gasteiger partial charge in [0.25, 0.3) is 0 Å². The molecule has 0 amide bonds. The standard InChI is InChI=1S/C12H11F3O6/c13-12(14,15)5-18-1-2-19-8-4-10-9(20-6-21-10)3-7(8)11(16)17/h3-4H,1-2,5-6H2,(H,16,17). The number of hydrogen-bond donors (Lipinski definition) is 1. The number of halogens is 3. The summed E-state index contributed by atoms with van der Waals surface area (Å²) >= 11 is 0. The molecule has 116 valence electrons. The fourth-order valence-corrected chi connectivity index (χ4v) is 1.61. The summed E-state index contributed by atoms with van der Waals surface area (Å²) in [4.78, 5) is 11.1. The highest BCUT2D eigenvalue weighted by Gasteiger charge is 2.27. The van der Waals surface area contributed by atoms with Crippen molar-refractivity contribution < 1.29 is 42.0 Å². The smallest absolute Gasteiger partial charge is 0.411 e. The zero-order chi connectivity index (χ0) is 15.5. The van der Waals surface area contributed by atoms with Gasteiger partial charge in [0, 0.05) is 12.1 Å². The molecule has 1 N–H and O–H groups in total. The molecule has 1 aromatic rings. The van der Waals surface area contributed by atoms with Crippen LogP contribution in [0.25, 0.3) is 0 Å². The molecule has 1 aromatic carbocycles. The summed E-state index contributed by atoms with van der Waals surface area (Å²) in [5, 5.41) is 9.05. The predicted octanol–water partition coefficient (Wildman–Crippen LogP) is 2.07. The van der Waals surface area contributed by atoms with Crippen molar-refractivity contribution in [3.8, 4) is 17.2 Å². The van der Waals surface area contributed by atoms with Gasteiger partial charge in [-0.2, -0.15) is 13.2 Å². The van der Waals surface area contributed by atoms with Gasteiger partial charge in [-0.1, -0.05) is 0 Å². The molecule has 0 saturated heterocycles. The van der Waals surface area contributed by atoms with Gasteiger partial charge in [0.05, 0.1) is 6.61 Å². The number of aromatic carboxylic acids is 1. The molecule has 1 aliphatic heterocycles. The highest BCUT2D eigenvalue weighted by atomic mass is 19.4. The molecule has 0 aliphatic carbocycles. The van der Waals surface area contributed by atoms with E-state index in [1.165, 1.54) is 12.1 Å². The SMILES string of the molecule is O=C(O)c1cc2c(cc1OCCOCC(F)(F)F)OCO2. The molecule has 9 heteroatoms. The third-order valence-electron chi connectivity index (χ3n) is 2.46. The lowest BCUT2D eigenvalue weighted by Gasteiger charge is -2.11. The molecular weight excluding hydrogens is 297 g/mol. The van der Waals surface area contributed by atoms with Crippen molar-refractivity contribution in [2.75, 3.05) is 26.6 Å². The summed E-state index contributed by atoms with van der Waals surface area (Å²) < 4.78 is 55.1. The highest BCUT2D eigenvalue weighted by molar-refractivity contribution is 5.92. The third kappa shape index (κ3) is 4.15. The first kappa shape index (κ1) is 15.2. The zero-order valence-corrected chi connectivity index (χ0v) is 10.6. The van der Waals surface area contributed by atoms with Crippen LogP contribution in [0.1, 0.15) is 10.4 Å². The maximum absolute atomic E-state index is 11.9. The topological polar surface area (TPSA) is 74.2 Å². The van der Waals surface area contributed by atoms with E-state index in [4.69, 9.17) is 19.3 Å². The second kappa shape index (κ2) is 6.08. The van der Waals surface area contributed by atoms with Gasteiger partial charge in [0.15, 0.2) is 11.5 Å². The Morgan fingerprint density at radius 3 is 2.52 bits per heavy atom. The summed E-state index contributed by atoms with van der Waals surface area (Å²) in [5.74, 6) is -0.693. The van der Waals surface area contributed by atoms with Crippen molar-refractivity contribution in [2.45, 2.75) is 6.18 Å². The lowest BCUT2D eigenvalue weighted by Crippen LogP contribution is -2.19. The van der Waals surface area contributed by atoms with Crippen LogP contribution in [0.4, 0.5) is 13.2 Å². The van der Waals surface area contributed by atoms with E-state index in [1.54, 1.807) is 0 Å². The lowest BCUT2D eigenvalue weighted by molar-refractivity contribution is -0.175. The Morgan fingerprint density at radius 1 is 1.24 bits per heavy atom. The molecule has 0 unspecified atom stereocenters. The van der Waals surface area contributed by atoms with Gasteiger partial charge in [-0.25, -0.2) is 4.79 Å². The van der Waals surface area contributed by atoms with E-state index in [9.17, 15) is 18.0 Å². The molecule has 0 bridgehead atoms. The summed E-state index contributed by atoms with van der Waals surface area (Å²) in [5.41, 5.74) is -0.171. The van der Waals surface area contributed by atoms with Crippen LogP contribution >= 0.6 is 0 Å². The Labute approximate surface area is 117 Å². The van der Waals surface area contributed by atoms with Gasteiger partial charge in [-0.05, 0) is 0 Å². The van der Waals surface area contributed by atoms with Gasteiger partial charge >= 0.3 is 12.1 Å². The molecular formula is C12H11F3O6. The number of ether oxygens (including phenoxy) is 4. The van der Waals surface area contributed by atoms with Crippen LogP contribution in [-0.4, -0.2) is 43.9 Å². The Balaban J connectivity index is 1.95. The molecule has 0 saturated carbocycles. The van der Waals surface area contributed by atoms with E-state index in [1.807, 2.05) is 0 Å². The first-order valence-electron chi connectivity index (χ1n) is 5.81. The van der Waals surface area contributed by atoms with E-state index in [0.717, 1.165) is 0 Å². The van der Waals surface area contributed by atoms with E-state index >= 15 is 0 Å².